The van der Waals surface area contributed by atoms with Crippen LogP contribution in [0, 0.1) is 13.8 Å². The van der Waals surface area contributed by atoms with Crippen molar-refractivity contribution < 1.29 is 4.74 Å². The third-order valence-corrected chi connectivity index (χ3v) is 3.88. The highest BCUT2D eigenvalue weighted by molar-refractivity contribution is 7.80. The molecule has 0 unspecified atom stereocenters. The number of nitrogens with one attached hydrogen (secondary N) is 2. The van der Waals surface area contributed by atoms with Gasteiger partial charge in [-0.15, -0.1) is 0 Å². The normalized spacial score (nSPS) is 11.7. The first kappa shape index (κ1) is 17.3. The molecule has 0 aliphatic heterocycles. The summed E-state index contributed by atoms with van der Waals surface area (Å²) in [6, 6.07) is 14.4. The van der Waals surface area contributed by atoms with Crippen LogP contribution in [0.1, 0.15) is 36.6 Å². The van der Waals surface area contributed by atoms with Crippen LogP contribution in [0.5, 0.6) is 5.75 Å². The summed E-state index contributed by atoms with van der Waals surface area (Å²) < 4.78 is 5.43. The number of thiocarbonyl (C=S) groups is 1. The van der Waals surface area contributed by atoms with Crippen molar-refractivity contribution in [1.82, 2.24) is 5.32 Å². The number of rotatable bonds is 5. The van der Waals surface area contributed by atoms with Crippen LogP contribution in [0.3, 0.4) is 0 Å². The highest BCUT2D eigenvalue weighted by Crippen LogP contribution is 2.19. The zero-order valence-electron chi connectivity index (χ0n) is 14.1. The van der Waals surface area contributed by atoms with Crippen molar-refractivity contribution in [3.8, 4) is 5.75 Å². The molecule has 1 atom stereocenters. The number of hydrogen-bond donors (Lipinski definition) is 2. The Bertz CT molecular complexity index is 668. The lowest BCUT2D eigenvalue weighted by atomic mass is 10.0. The lowest BCUT2D eigenvalue weighted by molar-refractivity contribution is 0.340. The molecule has 2 aromatic rings. The van der Waals surface area contributed by atoms with Crippen LogP contribution in [0.2, 0.25) is 0 Å². The van der Waals surface area contributed by atoms with E-state index >= 15 is 0 Å². The first-order valence-electron chi connectivity index (χ1n) is 7.87. The Morgan fingerprint density at radius 3 is 2.43 bits per heavy atom. The lowest BCUT2D eigenvalue weighted by Crippen LogP contribution is -2.31. The van der Waals surface area contributed by atoms with Gasteiger partial charge in [-0.1, -0.05) is 23.8 Å². The number of ether oxygens (including phenoxy) is 1. The molecule has 0 spiro atoms. The van der Waals surface area contributed by atoms with E-state index in [2.05, 4.69) is 49.6 Å². The van der Waals surface area contributed by atoms with Gasteiger partial charge in [-0.3, -0.25) is 0 Å². The summed E-state index contributed by atoms with van der Waals surface area (Å²) >= 11 is 5.41. The van der Waals surface area contributed by atoms with Crippen LogP contribution in [0.25, 0.3) is 0 Å². The van der Waals surface area contributed by atoms with Gasteiger partial charge in [-0.05, 0) is 75.3 Å². The average molecular weight is 328 g/mol. The van der Waals surface area contributed by atoms with Gasteiger partial charge in [0, 0.05) is 5.69 Å². The van der Waals surface area contributed by atoms with Gasteiger partial charge in [0.25, 0.3) is 0 Å². The highest BCUT2D eigenvalue weighted by atomic mass is 32.1. The first-order valence-corrected chi connectivity index (χ1v) is 8.28. The Kier molecular flexibility index (Phi) is 5.99. The number of anilines is 1. The lowest BCUT2D eigenvalue weighted by Gasteiger charge is -2.19. The molecule has 0 saturated heterocycles. The Hall–Kier alpha value is -2.07. The average Bonchev–Trinajstić information content (AvgIpc) is 2.49. The van der Waals surface area contributed by atoms with Crippen molar-refractivity contribution in [2.45, 2.75) is 33.7 Å². The fourth-order valence-corrected chi connectivity index (χ4v) is 2.85. The maximum atomic E-state index is 5.43. The summed E-state index contributed by atoms with van der Waals surface area (Å²) in [5.74, 6) is 0.862. The fourth-order valence-electron chi connectivity index (χ4n) is 2.55. The minimum absolute atomic E-state index is 0.151. The minimum atomic E-state index is 0.151. The van der Waals surface area contributed by atoms with Crippen molar-refractivity contribution >= 4 is 23.0 Å². The molecule has 2 N–H and O–H groups in total. The van der Waals surface area contributed by atoms with Gasteiger partial charge in [0.2, 0.25) is 0 Å². The van der Waals surface area contributed by atoms with Crippen molar-refractivity contribution in [3.05, 3.63) is 59.2 Å². The van der Waals surface area contributed by atoms with E-state index in [0.29, 0.717) is 11.7 Å². The maximum Gasteiger partial charge on any atom is 0.171 e. The van der Waals surface area contributed by atoms with Gasteiger partial charge in [0.15, 0.2) is 5.11 Å². The Labute approximate surface area is 144 Å². The van der Waals surface area contributed by atoms with E-state index in [-0.39, 0.29) is 6.04 Å². The monoisotopic (exact) mass is 328 g/mol. The molecule has 0 aromatic heterocycles. The largest absolute Gasteiger partial charge is 0.494 e. The predicted molar refractivity (Wildman–Crippen MR) is 101 cm³/mol. The van der Waals surface area contributed by atoms with E-state index in [9.17, 15) is 0 Å². The topological polar surface area (TPSA) is 33.3 Å². The molecule has 0 amide bonds. The molecule has 2 aromatic carbocycles. The van der Waals surface area contributed by atoms with E-state index in [4.69, 9.17) is 17.0 Å². The molecule has 0 heterocycles. The van der Waals surface area contributed by atoms with Crippen LogP contribution in [0.15, 0.2) is 42.5 Å². The molecule has 0 aliphatic carbocycles. The van der Waals surface area contributed by atoms with Crippen LogP contribution < -0.4 is 15.4 Å². The van der Waals surface area contributed by atoms with Gasteiger partial charge >= 0.3 is 0 Å². The summed E-state index contributed by atoms with van der Waals surface area (Å²) in [6.45, 7) is 8.99. The van der Waals surface area contributed by atoms with Gasteiger partial charge in [0.05, 0.1) is 12.6 Å². The molecule has 0 saturated carbocycles. The molecule has 0 bridgehead atoms. The summed E-state index contributed by atoms with van der Waals surface area (Å²) in [5, 5.41) is 7.15. The molecule has 0 fully saturated rings. The molecule has 3 nitrogen and oxygen atoms in total. The molecular weight excluding hydrogens is 304 g/mol. The van der Waals surface area contributed by atoms with E-state index in [1.165, 1.54) is 16.7 Å². The fraction of sp³-hybridized carbons (Fsp3) is 0.316. The van der Waals surface area contributed by atoms with E-state index in [1.54, 1.807) is 0 Å². The van der Waals surface area contributed by atoms with Crippen molar-refractivity contribution in [3.63, 3.8) is 0 Å². The number of aryl methyl sites for hydroxylation is 2. The Balaban J connectivity index is 1.95. The molecular formula is C19H24N2OS. The first-order chi connectivity index (χ1) is 11.0. The maximum absolute atomic E-state index is 5.43. The molecule has 122 valence electrons. The van der Waals surface area contributed by atoms with E-state index in [0.717, 1.165) is 11.4 Å². The van der Waals surface area contributed by atoms with Crippen molar-refractivity contribution in [2.24, 2.45) is 0 Å². The Morgan fingerprint density at radius 1 is 1.13 bits per heavy atom. The van der Waals surface area contributed by atoms with Crippen molar-refractivity contribution in [1.29, 1.82) is 0 Å². The van der Waals surface area contributed by atoms with Gasteiger partial charge in [-0.2, -0.15) is 0 Å². The number of benzene rings is 2. The van der Waals surface area contributed by atoms with Gasteiger partial charge < -0.3 is 15.4 Å². The summed E-state index contributed by atoms with van der Waals surface area (Å²) in [5.41, 5.74) is 4.74. The zero-order chi connectivity index (χ0) is 16.8. The standard InChI is InChI=1S/C19H24N2OS/c1-5-22-17-9-7-16(8-10-17)21-19(23)20-15(4)18-11-6-13(2)12-14(18)3/h6-12,15H,5H2,1-4H3,(H2,20,21,23)/t15-/m1/s1. The Morgan fingerprint density at radius 2 is 1.83 bits per heavy atom. The van der Waals surface area contributed by atoms with Crippen LogP contribution >= 0.6 is 12.2 Å². The van der Waals surface area contributed by atoms with Crippen molar-refractivity contribution in [2.75, 3.05) is 11.9 Å². The third kappa shape index (κ3) is 4.96. The van der Waals surface area contributed by atoms with Crippen LogP contribution in [0.4, 0.5) is 5.69 Å². The van der Waals surface area contributed by atoms with Gasteiger partial charge in [-0.25, -0.2) is 0 Å². The second-order valence-electron chi connectivity index (χ2n) is 5.64. The summed E-state index contributed by atoms with van der Waals surface area (Å²) in [4.78, 5) is 0. The highest BCUT2D eigenvalue weighted by Gasteiger charge is 2.10. The quantitative estimate of drug-likeness (QED) is 0.776. The minimum Gasteiger partial charge on any atom is -0.494 e. The molecule has 4 heteroatoms. The van der Waals surface area contributed by atoms with E-state index < -0.39 is 0 Å². The molecule has 23 heavy (non-hydrogen) atoms. The second-order valence-corrected chi connectivity index (χ2v) is 6.05. The zero-order valence-corrected chi connectivity index (χ0v) is 15.0. The third-order valence-electron chi connectivity index (χ3n) is 3.66. The predicted octanol–water partition coefficient (Wildman–Crippen LogP) is 4.75. The second kappa shape index (κ2) is 7.97. The molecule has 0 radical (unpaired) electrons. The summed E-state index contributed by atoms with van der Waals surface area (Å²) in [7, 11) is 0. The number of hydrogen-bond acceptors (Lipinski definition) is 2. The molecule has 0 aliphatic rings. The van der Waals surface area contributed by atoms with Crippen LogP contribution in [-0.2, 0) is 0 Å². The molecule has 2 rings (SSSR count). The summed E-state index contributed by atoms with van der Waals surface area (Å²) in [6.07, 6.45) is 0. The van der Waals surface area contributed by atoms with Gasteiger partial charge in [0.1, 0.15) is 5.75 Å². The SMILES string of the molecule is CCOc1ccc(NC(=S)N[C@H](C)c2ccc(C)cc2C)cc1. The van der Waals surface area contributed by atoms with Crippen LogP contribution in [-0.4, -0.2) is 11.7 Å². The van der Waals surface area contributed by atoms with E-state index in [1.807, 2.05) is 31.2 Å². The smallest absolute Gasteiger partial charge is 0.171 e.